The molecule has 1 aliphatic rings. The summed E-state index contributed by atoms with van der Waals surface area (Å²) in [5, 5.41) is 12.6. The minimum absolute atomic E-state index is 0.306. The first-order chi connectivity index (χ1) is 9.53. The standard InChI is InChI=1S/C14H19N3O3/c15-12(18)10-5-6-11(16-9-10)17-14(13(19)20)7-3-1-2-4-8-14/h5-6,9H,1-4,7-8H2,(H2,15,18)(H,16,17)(H,19,20). The average Bonchev–Trinajstić information content (AvgIpc) is 2.66. The van der Waals surface area contributed by atoms with Crippen LogP contribution in [-0.2, 0) is 4.79 Å². The molecule has 1 aromatic rings. The highest BCUT2D eigenvalue weighted by atomic mass is 16.4. The van der Waals surface area contributed by atoms with Gasteiger partial charge in [0.25, 0.3) is 0 Å². The van der Waals surface area contributed by atoms with Crippen molar-refractivity contribution in [3.63, 3.8) is 0 Å². The number of hydrogen-bond donors (Lipinski definition) is 3. The monoisotopic (exact) mass is 277 g/mol. The third-order valence-electron chi connectivity index (χ3n) is 3.78. The lowest BCUT2D eigenvalue weighted by Crippen LogP contribution is -2.46. The van der Waals surface area contributed by atoms with Gasteiger partial charge in [0, 0.05) is 6.20 Å². The van der Waals surface area contributed by atoms with Crippen molar-refractivity contribution in [3.8, 4) is 0 Å². The molecule has 1 heterocycles. The summed E-state index contributed by atoms with van der Waals surface area (Å²) in [7, 11) is 0. The van der Waals surface area contributed by atoms with Gasteiger partial charge >= 0.3 is 5.97 Å². The minimum Gasteiger partial charge on any atom is -0.480 e. The summed E-state index contributed by atoms with van der Waals surface area (Å²) >= 11 is 0. The zero-order valence-corrected chi connectivity index (χ0v) is 11.3. The zero-order valence-electron chi connectivity index (χ0n) is 11.3. The van der Waals surface area contributed by atoms with Crippen LogP contribution < -0.4 is 11.1 Å². The fraction of sp³-hybridized carbons (Fsp3) is 0.500. The number of nitrogens with two attached hydrogens (primary N) is 1. The maximum Gasteiger partial charge on any atom is 0.329 e. The van der Waals surface area contributed by atoms with Crippen molar-refractivity contribution in [2.24, 2.45) is 5.73 Å². The van der Waals surface area contributed by atoms with Crippen molar-refractivity contribution in [1.29, 1.82) is 0 Å². The van der Waals surface area contributed by atoms with E-state index in [4.69, 9.17) is 5.73 Å². The molecule has 1 saturated carbocycles. The first-order valence-electron chi connectivity index (χ1n) is 6.81. The van der Waals surface area contributed by atoms with Crippen molar-refractivity contribution in [2.75, 3.05) is 5.32 Å². The number of anilines is 1. The van der Waals surface area contributed by atoms with Crippen molar-refractivity contribution < 1.29 is 14.7 Å². The van der Waals surface area contributed by atoms with Crippen LogP contribution in [0.5, 0.6) is 0 Å². The van der Waals surface area contributed by atoms with Crippen LogP contribution in [0.15, 0.2) is 18.3 Å². The van der Waals surface area contributed by atoms with Gasteiger partial charge < -0.3 is 16.2 Å². The number of aliphatic carboxylic acids is 1. The fourth-order valence-corrected chi connectivity index (χ4v) is 2.58. The number of carboxylic acid groups (broad SMARTS) is 1. The Labute approximate surface area is 117 Å². The van der Waals surface area contributed by atoms with E-state index in [2.05, 4.69) is 10.3 Å². The molecule has 1 aromatic heterocycles. The van der Waals surface area contributed by atoms with Gasteiger partial charge in [0.2, 0.25) is 5.91 Å². The molecule has 0 radical (unpaired) electrons. The predicted octanol–water partition coefficient (Wildman–Crippen LogP) is 1.77. The van der Waals surface area contributed by atoms with Gasteiger partial charge in [-0.25, -0.2) is 9.78 Å². The Morgan fingerprint density at radius 1 is 1.20 bits per heavy atom. The van der Waals surface area contributed by atoms with E-state index in [1.165, 1.54) is 6.20 Å². The van der Waals surface area contributed by atoms with Gasteiger partial charge in [0.05, 0.1) is 5.56 Å². The molecule has 108 valence electrons. The number of amides is 1. The van der Waals surface area contributed by atoms with E-state index in [0.717, 1.165) is 25.7 Å². The van der Waals surface area contributed by atoms with Crippen LogP contribution in [0.4, 0.5) is 5.82 Å². The van der Waals surface area contributed by atoms with E-state index in [0.29, 0.717) is 24.2 Å². The Bertz CT molecular complexity index is 491. The number of nitrogens with one attached hydrogen (secondary N) is 1. The number of pyridine rings is 1. The van der Waals surface area contributed by atoms with Crippen molar-refractivity contribution in [2.45, 2.75) is 44.1 Å². The number of nitrogens with zero attached hydrogens (tertiary/aromatic N) is 1. The quantitative estimate of drug-likeness (QED) is 0.727. The second-order valence-electron chi connectivity index (χ2n) is 5.22. The van der Waals surface area contributed by atoms with E-state index >= 15 is 0 Å². The molecule has 0 aliphatic heterocycles. The summed E-state index contributed by atoms with van der Waals surface area (Å²) in [6, 6.07) is 3.14. The first kappa shape index (κ1) is 14.3. The molecule has 6 heteroatoms. The number of primary amides is 1. The number of aromatic nitrogens is 1. The molecule has 6 nitrogen and oxygen atoms in total. The third-order valence-corrected chi connectivity index (χ3v) is 3.78. The van der Waals surface area contributed by atoms with Crippen molar-refractivity contribution in [1.82, 2.24) is 4.98 Å². The Kier molecular flexibility index (Phi) is 4.22. The second-order valence-corrected chi connectivity index (χ2v) is 5.22. The molecular weight excluding hydrogens is 258 g/mol. The van der Waals surface area contributed by atoms with Crippen LogP contribution in [0, 0.1) is 0 Å². The predicted molar refractivity (Wildman–Crippen MR) is 74.4 cm³/mol. The summed E-state index contributed by atoms with van der Waals surface area (Å²) < 4.78 is 0. The minimum atomic E-state index is -0.961. The number of rotatable bonds is 4. The molecule has 0 spiro atoms. The smallest absolute Gasteiger partial charge is 0.329 e. The Balaban J connectivity index is 2.19. The maximum absolute atomic E-state index is 11.6. The molecular formula is C14H19N3O3. The topological polar surface area (TPSA) is 105 Å². The fourth-order valence-electron chi connectivity index (χ4n) is 2.58. The number of carboxylic acids is 1. The van der Waals surface area contributed by atoms with Crippen molar-refractivity contribution in [3.05, 3.63) is 23.9 Å². The summed E-state index contributed by atoms with van der Waals surface area (Å²) in [5.41, 5.74) is 4.50. The Hall–Kier alpha value is -2.11. The van der Waals surface area contributed by atoms with Gasteiger partial charge in [-0.2, -0.15) is 0 Å². The Morgan fingerprint density at radius 2 is 1.85 bits per heavy atom. The molecule has 1 amide bonds. The zero-order chi connectivity index (χ0) is 14.6. The molecule has 4 N–H and O–H groups in total. The van der Waals surface area contributed by atoms with Gasteiger partial charge in [-0.05, 0) is 25.0 Å². The highest BCUT2D eigenvalue weighted by Gasteiger charge is 2.38. The molecule has 20 heavy (non-hydrogen) atoms. The lowest BCUT2D eigenvalue weighted by Gasteiger charge is -2.29. The molecule has 0 aromatic carbocycles. The molecule has 2 rings (SSSR count). The van der Waals surface area contributed by atoms with Gasteiger partial charge in [-0.3, -0.25) is 4.79 Å². The van der Waals surface area contributed by atoms with Gasteiger partial charge in [0.15, 0.2) is 0 Å². The van der Waals surface area contributed by atoms with Gasteiger partial charge in [0.1, 0.15) is 11.4 Å². The van der Waals surface area contributed by atoms with E-state index in [1.54, 1.807) is 12.1 Å². The second kappa shape index (κ2) is 5.90. The third kappa shape index (κ3) is 3.07. The largest absolute Gasteiger partial charge is 0.480 e. The maximum atomic E-state index is 11.6. The normalized spacial score (nSPS) is 18.0. The van der Waals surface area contributed by atoms with Crippen LogP contribution in [-0.4, -0.2) is 27.5 Å². The lowest BCUT2D eigenvalue weighted by atomic mass is 9.90. The van der Waals surface area contributed by atoms with Crippen LogP contribution >= 0.6 is 0 Å². The highest BCUT2D eigenvalue weighted by Crippen LogP contribution is 2.30. The Morgan fingerprint density at radius 3 is 2.30 bits per heavy atom. The molecule has 0 unspecified atom stereocenters. The van der Waals surface area contributed by atoms with Gasteiger partial charge in [-0.15, -0.1) is 0 Å². The molecule has 1 fully saturated rings. The number of carbonyl (C=O) groups is 2. The van der Waals surface area contributed by atoms with E-state index in [9.17, 15) is 14.7 Å². The summed E-state index contributed by atoms with van der Waals surface area (Å²) in [6.45, 7) is 0. The van der Waals surface area contributed by atoms with Gasteiger partial charge in [-0.1, -0.05) is 25.7 Å². The van der Waals surface area contributed by atoms with Crippen LogP contribution in [0.1, 0.15) is 48.9 Å². The summed E-state index contributed by atoms with van der Waals surface area (Å²) in [6.07, 6.45) is 6.42. The van der Waals surface area contributed by atoms with E-state index < -0.39 is 17.4 Å². The molecule has 0 saturated heterocycles. The number of carbonyl (C=O) groups excluding carboxylic acids is 1. The van der Waals surface area contributed by atoms with Crippen LogP contribution in [0.3, 0.4) is 0 Å². The SMILES string of the molecule is NC(=O)c1ccc(NC2(C(=O)O)CCCCCC2)nc1. The summed E-state index contributed by atoms with van der Waals surface area (Å²) in [4.78, 5) is 26.7. The highest BCUT2D eigenvalue weighted by molar-refractivity contribution is 5.92. The lowest BCUT2D eigenvalue weighted by molar-refractivity contribution is -0.142. The number of hydrogen-bond acceptors (Lipinski definition) is 4. The van der Waals surface area contributed by atoms with Crippen LogP contribution in [0.25, 0.3) is 0 Å². The van der Waals surface area contributed by atoms with Crippen LogP contribution in [0.2, 0.25) is 0 Å². The molecule has 0 atom stereocenters. The molecule has 1 aliphatic carbocycles. The first-order valence-corrected chi connectivity index (χ1v) is 6.81. The summed E-state index contributed by atoms with van der Waals surface area (Å²) in [5.74, 6) is -0.939. The molecule has 0 bridgehead atoms. The van der Waals surface area contributed by atoms with E-state index in [-0.39, 0.29) is 0 Å². The average molecular weight is 277 g/mol. The van der Waals surface area contributed by atoms with Crippen molar-refractivity contribution >= 4 is 17.7 Å². The van der Waals surface area contributed by atoms with E-state index in [1.807, 2.05) is 0 Å².